The van der Waals surface area contributed by atoms with E-state index in [1.807, 2.05) is 79.7 Å². The molecule has 9 heteroatoms. The second-order valence-corrected chi connectivity index (χ2v) is 15.1. The number of amides is 2. The highest BCUT2D eigenvalue weighted by atomic mass is 28.4. The number of carbonyl (C=O) groups is 2. The first kappa shape index (κ1) is 26.7. The second kappa shape index (κ2) is 9.83. The molecular weight excluding hydrogens is 527 g/mol. The number of aliphatic hydroxyl groups is 1. The van der Waals surface area contributed by atoms with E-state index in [1.165, 1.54) is 0 Å². The number of benzene rings is 3. The van der Waals surface area contributed by atoms with Crippen LogP contribution in [-0.2, 0) is 26.5 Å². The molecule has 208 valence electrons. The van der Waals surface area contributed by atoms with E-state index in [-0.39, 0.29) is 31.4 Å². The fourth-order valence-electron chi connectivity index (χ4n) is 6.88. The van der Waals surface area contributed by atoms with Crippen LogP contribution < -0.4 is 14.5 Å². The summed E-state index contributed by atoms with van der Waals surface area (Å²) in [5, 5.41) is 9.83. The van der Waals surface area contributed by atoms with Crippen LogP contribution in [0.5, 0.6) is 5.75 Å². The molecule has 7 nitrogen and oxygen atoms in total. The average molecular weight is 561 g/mol. The van der Waals surface area contributed by atoms with Crippen molar-refractivity contribution in [3.8, 4) is 5.75 Å². The number of ether oxygens (including phenoxy) is 2. The van der Waals surface area contributed by atoms with Crippen LogP contribution in [-0.4, -0.2) is 44.6 Å². The van der Waals surface area contributed by atoms with Gasteiger partial charge in [-0.15, -0.1) is 0 Å². The molecule has 4 atom stereocenters. The normalized spacial score (nSPS) is 25.8. The maximum Gasteiger partial charge on any atom is 0.269 e. The minimum absolute atomic E-state index is 0.104. The molecule has 0 bridgehead atoms. The molecule has 3 aliphatic rings. The van der Waals surface area contributed by atoms with Crippen molar-refractivity contribution in [3.63, 3.8) is 0 Å². The van der Waals surface area contributed by atoms with Gasteiger partial charge < -0.3 is 23.6 Å². The van der Waals surface area contributed by atoms with Crippen molar-refractivity contribution in [2.45, 2.75) is 50.2 Å². The third kappa shape index (κ3) is 4.06. The average Bonchev–Trinajstić information content (AvgIpc) is 3.36. The number of fused-ring (bicyclic) bond motifs is 3. The zero-order chi connectivity index (χ0) is 28.2. The highest BCUT2D eigenvalue weighted by Crippen LogP contribution is 2.61. The quantitative estimate of drug-likeness (QED) is 0.321. The fraction of sp³-hybridized carbons (Fsp3) is 0.355. The predicted octanol–water partition coefficient (Wildman–Crippen LogP) is 5.45. The lowest BCUT2D eigenvalue weighted by molar-refractivity contribution is -0.146. The number of hydrogen-bond acceptors (Lipinski definition) is 5. The topological polar surface area (TPSA) is 79.3 Å². The number of carbonyl (C=O) groups excluding carboxylic acids is 2. The van der Waals surface area contributed by atoms with E-state index in [9.17, 15) is 14.7 Å². The van der Waals surface area contributed by atoms with Crippen LogP contribution in [0.4, 0.5) is 21.2 Å². The molecule has 1 N–H and O–H groups in total. The highest BCUT2D eigenvalue weighted by molar-refractivity contribution is 6.72. The van der Waals surface area contributed by atoms with Crippen LogP contribution in [0.2, 0.25) is 18.6 Å². The summed E-state index contributed by atoms with van der Waals surface area (Å²) in [6.07, 6.45) is -0.359. The van der Waals surface area contributed by atoms with Crippen molar-refractivity contribution in [3.05, 3.63) is 83.9 Å². The molecule has 0 radical (unpaired) electrons. The summed E-state index contributed by atoms with van der Waals surface area (Å²) < 4.78 is 28.2. The van der Waals surface area contributed by atoms with Gasteiger partial charge in [0.1, 0.15) is 5.75 Å². The molecule has 3 aliphatic heterocycles. The molecule has 1 fully saturated rings. The monoisotopic (exact) mass is 560 g/mol. The largest absolute Gasteiger partial charge is 0.482 e. The molecule has 3 aromatic rings. The van der Waals surface area contributed by atoms with Crippen molar-refractivity contribution in [2.75, 3.05) is 23.0 Å². The van der Waals surface area contributed by atoms with Gasteiger partial charge in [0.15, 0.2) is 12.2 Å². The van der Waals surface area contributed by atoms with Crippen molar-refractivity contribution in [1.82, 2.24) is 0 Å². The van der Waals surface area contributed by atoms with E-state index in [0.717, 1.165) is 5.56 Å². The van der Waals surface area contributed by atoms with E-state index < -0.39 is 31.6 Å². The summed E-state index contributed by atoms with van der Waals surface area (Å²) in [6, 6.07) is 22.6. The van der Waals surface area contributed by atoms with Crippen LogP contribution in [0.1, 0.15) is 24.5 Å². The van der Waals surface area contributed by atoms with Crippen LogP contribution in [0.3, 0.4) is 0 Å². The summed E-state index contributed by atoms with van der Waals surface area (Å²) in [5.74, 6) is -0.358. The molecule has 3 aromatic carbocycles. The zero-order valence-corrected chi connectivity index (χ0v) is 23.8. The molecule has 0 aliphatic carbocycles. The van der Waals surface area contributed by atoms with Crippen LogP contribution in [0.25, 0.3) is 0 Å². The molecule has 1 spiro atoms. The molecule has 6 rings (SSSR count). The lowest BCUT2D eigenvalue weighted by atomic mass is 9.82. The summed E-state index contributed by atoms with van der Waals surface area (Å²) >= 11 is 0. The molecule has 0 aromatic heterocycles. The third-order valence-electron chi connectivity index (χ3n) is 8.51. The van der Waals surface area contributed by atoms with Gasteiger partial charge in [-0.1, -0.05) is 49.4 Å². The third-order valence-corrected chi connectivity index (χ3v) is 11.0. The Morgan fingerprint density at radius 1 is 1.02 bits per heavy atom. The smallest absolute Gasteiger partial charge is 0.269 e. The Hall–Kier alpha value is -3.53. The van der Waals surface area contributed by atoms with Gasteiger partial charge in [0.2, 0.25) is 8.41 Å². The number of aliphatic hydroxyl groups excluding tert-OH is 1. The lowest BCUT2D eigenvalue weighted by Crippen LogP contribution is -2.45. The summed E-state index contributed by atoms with van der Waals surface area (Å²) in [7, 11) is -3.32. The second-order valence-electron chi connectivity index (χ2n) is 11.3. The first-order valence-corrected chi connectivity index (χ1v) is 16.6. The number of nitrogens with zero attached hydrogens (tertiary/aromatic N) is 2. The molecule has 0 unspecified atom stereocenters. The first-order chi connectivity index (χ1) is 19.2. The Balaban J connectivity index is 1.52. The van der Waals surface area contributed by atoms with Gasteiger partial charge in [0, 0.05) is 29.3 Å². The minimum Gasteiger partial charge on any atom is -0.482 e. The Kier molecular flexibility index (Phi) is 6.56. The summed E-state index contributed by atoms with van der Waals surface area (Å²) in [5.41, 5.74) is 1.53. The number of para-hydroxylation sites is 2. The zero-order valence-electron chi connectivity index (χ0n) is 22.8. The van der Waals surface area contributed by atoms with E-state index in [2.05, 4.69) is 0 Å². The van der Waals surface area contributed by atoms with E-state index >= 15 is 4.11 Å². The molecule has 0 saturated carbocycles. The standard InChI is InChI=1S/C31H33FN2O5Si/c1-20-29(40(2,3)32)27(15-16-35)39-31(20)23-17-22(34-25-11-7-8-12-26(25)38-19-28(34)36)13-14-24(23)33(30(31)37)18-21-9-5-4-6-10-21/h4-14,17,20,27,29,35H,15-16,18-19H2,1-3H3/t20-,27+,29-,31+/m1/s1. The molecule has 3 heterocycles. The maximum atomic E-state index is 15.9. The number of anilines is 3. The van der Waals surface area contributed by atoms with Crippen molar-refractivity contribution in [2.24, 2.45) is 5.92 Å². The van der Waals surface area contributed by atoms with Gasteiger partial charge in [0.05, 0.1) is 24.0 Å². The van der Waals surface area contributed by atoms with Gasteiger partial charge in [0.25, 0.3) is 11.8 Å². The maximum absolute atomic E-state index is 15.9. The molecule has 2 amide bonds. The van der Waals surface area contributed by atoms with Crippen molar-refractivity contribution in [1.29, 1.82) is 0 Å². The summed E-state index contributed by atoms with van der Waals surface area (Å²) in [6.45, 7) is 5.24. The Bertz CT molecular complexity index is 1460. The van der Waals surface area contributed by atoms with Crippen molar-refractivity contribution >= 4 is 37.3 Å². The van der Waals surface area contributed by atoms with Crippen LogP contribution >= 0.6 is 0 Å². The van der Waals surface area contributed by atoms with Crippen molar-refractivity contribution < 1.29 is 28.3 Å². The van der Waals surface area contributed by atoms with Gasteiger partial charge in [-0.2, -0.15) is 0 Å². The van der Waals surface area contributed by atoms with Gasteiger partial charge >= 0.3 is 0 Å². The van der Waals surface area contributed by atoms with E-state index in [1.54, 1.807) is 22.9 Å². The van der Waals surface area contributed by atoms with E-state index in [0.29, 0.717) is 34.9 Å². The minimum atomic E-state index is -3.32. The van der Waals surface area contributed by atoms with Crippen LogP contribution in [0.15, 0.2) is 72.8 Å². The van der Waals surface area contributed by atoms with Gasteiger partial charge in [-0.25, -0.2) is 0 Å². The SMILES string of the molecule is C[C@@H]1[C@@H]([Si](C)(C)F)[C@H](CCO)O[C@@]12C(=O)N(Cc1ccccc1)c1ccc(N3C(=O)COc4ccccc43)cc12. The van der Waals surface area contributed by atoms with E-state index in [4.69, 9.17) is 9.47 Å². The number of hydrogen-bond donors (Lipinski definition) is 1. The Labute approximate surface area is 234 Å². The molecule has 40 heavy (non-hydrogen) atoms. The number of rotatable bonds is 6. The molecular formula is C31H33FN2O5Si. The predicted molar refractivity (Wildman–Crippen MR) is 153 cm³/mol. The first-order valence-electron chi connectivity index (χ1n) is 13.7. The Morgan fingerprint density at radius 2 is 1.75 bits per heavy atom. The Morgan fingerprint density at radius 3 is 2.48 bits per heavy atom. The van der Waals surface area contributed by atoms with Gasteiger partial charge in [-0.05, 0) is 55.4 Å². The highest BCUT2D eigenvalue weighted by Gasteiger charge is 2.66. The van der Waals surface area contributed by atoms with Crippen LogP contribution in [0, 0.1) is 5.92 Å². The lowest BCUT2D eigenvalue weighted by Gasteiger charge is -2.32. The summed E-state index contributed by atoms with van der Waals surface area (Å²) in [4.78, 5) is 31.0. The van der Waals surface area contributed by atoms with Gasteiger partial charge in [-0.3, -0.25) is 14.5 Å². The fourth-order valence-corrected chi connectivity index (χ4v) is 9.42. The number of halogens is 1. The molecule has 1 saturated heterocycles.